The summed E-state index contributed by atoms with van der Waals surface area (Å²) in [6.07, 6.45) is 1.71. The molecule has 1 aliphatic carbocycles. The average molecular weight is 405 g/mol. The van der Waals surface area contributed by atoms with Gasteiger partial charge < -0.3 is 10.6 Å². The van der Waals surface area contributed by atoms with E-state index >= 15 is 0 Å². The third-order valence-corrected chi connectivity index (χ3v) is 7.99. The molecule has 0 unspecified atom stereocenters. The number of carbonyl (C=O) groups excluding carboxylic acids is 3. The molecule has 2 fully saturated rings. The van der Waals surface area contributed by atoms with Crippen LogP contribution in [0.4, 0.5) is 5.69 Å². The van der Waals surface area contributed by atoms with E-state index in [2.05, 4.69) is 10.6 Å². The van der Waals surface area contributed by atoms with Crippen molar-refractivity contribution in [3.05, 3.63) is 29.8 Å². The third-order valence-electron chi connectivity index (χ3n) is 6.12. The highest BCUT2D eigenvalue weighted by Gasteiger charge is 2.73. The molecule has 1 saturated carbocycles. The lowest BCUT2D eigenvalue weighted by molar-refractivity contribution is -0.125. The fourth-order valence-electron chi connectivity index (χ4n) is 4.44. The smallest absolute Gasteiger partial charge is 0.229 e. The van der Waals surface area contributed by atoms with Gasteiger partial charge in [0.1, 0.15) is 0 Å². The molecule has 0 radical (unpaired) electrons. The van der Waals surface area contributed by atoms with Gasteiger partial charge in [-0.1, -0.05) is 19.1 Å². The molecule has 9 heteroatoms. The zero-order valence-electron chi connectivity index (χ0n) is 15.6. The minimum Gasteiger partial charge on any atom is -0.355 e. The topological polar surface area (TPSA) is 113 Å². The van der Waals surface area contributed by atoms with Crippen LogP contribution >= 0.6 is 0 Å². The lowest BCUT2D eigenvalue weighted by Gasteiger charge is -2.16. The van der Waals surface area contributed by atoms with Gasteiger partial charge >= 0.3 is 0 Å². The summed E-state index contributed by atoms with van der Waals surface area (Å²) in [6, 6.07) is 6.75. The van der Waals surface area contributed by atoms with E-state index in [1.165, 1.54) is 4.31 Å². The van der Waals surface area contributed by atoms with Crippen LogP contribution in [0.15, 0.2) is 24.3 Å². The third kappa shape index (κ3) is 2.93. The number of hydrogen-bond donors (Lipinski definition) is 2. The Bertz CT molecular complexity index is 954. The van der Waals surface area contributed by atoms with Gasteiger partial charge in [0.25, 0.3) is 0 Å². The van der Waals surface area contributed by atoms with Crippen LogP contribution in [0.3, 0.4) is 0 Å². The normalized spacial score (nSPS) is 29.5. The molecule has 2 N–H and O–H groups in total. The van der Waals surface area contributed by atoms with Gasteiger partial charge in [-0.2, -0.15) is 0 Å². The lowest BCUT2D eigenvalue weighted by Crippen LogP contribution is -2.37. The standard InChI is InChI=1S/C19H23N3O5S/c1-19-14(17(24)20-8-11-28(26,27)22-9-4-5-10-22)15(19)18(25)21-13-7-3-2-6-12(13)16(19)23/h2-3,6-7,14-15H,4-5,8-11H2,1H3,(H,20,24)(H,21,25)/t14-,15-,19+/m0/s1. The van der Waals surface area contributed by atoms with E-state index in [1.54, 1.807) is 31.2 Å². The number of rotatable bonds is 5. The molecule has 1 aromatic carbocycles. The summed E-state index contributed by atoms with van der Waals surface area (Å²) in [6.45, 7) is 2.64. The summed E-state index contributed by atoms with van der Waals surface area (Å²) in [4.78, 5) is 38.2. The van der Waals surface area contributed by atoms with Crippen LogP contribution in [0.5, 0.6) is 0 Å². The molecule has 1 aromatic rings. The van der Waals surface area contributed by atoms with Crippen molar-refractivity contribution >= 4 is 33.3 Å². The zero-order chi connectivity index (χ0) is 20.1. The molecule has 3 aliphatic rings. The Labute approximate surface area is 163 Å². The number of nitrogens with one attached hydrogen (secondary N) is 2. The molecule has 2 aliphatic heterocycles. The molecule has 150 valence electrons. The SMILES string of the molecule is C[C@]12C(=O)c3ccccc3NC(=O)[C@@H]1[C@H]2C(=O)NCCS(=O)(=O)N1CCCC1. The number of Topliss-reactive ketones (excluding diaryl/α,β-unsaturated/α-hetero) is 1. The van der Waals surface area contributed by atoms with Crippen LogP contribution < -0.4 is 10.6 Å². The van der Waals surface area contributed by atoms with E-state index in [1.807, 2.05) is 0 Å². The number of ketones is 1. The molecular formula is C19H23N3O5S. The van der Waals surface area contributed by atoms with Crippen molar-refractivity contribution in [2.24, 2.45) is 17.3 Å². The molecule has 28 heavy (non-hydrogen) atoms. The monoisotopic (exact) mass is 405 g/mol. The number of hydrogen-bond acceptors (Lipinski definition) is 5. The minimum absolute atomic E-state index is 0.0383. The van der Waals surface area contributed by atoms with E-state index in [4.69, 9.17) is 0 Å². The number of para-hydroxylation sites is 1. The Morgan fingerprint density at radius 3 is 2.64 bits per heavy atom. The summed E-state index contributed by atoms with van der Waals surface area (Å²) in [7, 11) is -3.40. The van der Waals surface area contributed by atoms with Crippen molar-refractivity contribution in [3.8, 4) is 0 Å². The van der Waals surface area contributed by atoms with Gasteiger partial charge in [0, 0.05) is 25.2 Å². The van der Waals surface area contributed by atoms with Gasteiger partial charge in [-0.25, -0.2) is 12.7 Å². The van der Waals surface area contributed by atoms with Crippen LogP contribution in [-0.2, 0) is 19.6 Å². The Hall–Kier alpha value is -2.26. The Morgan fingerprint density at radius 1 is 1.25 bits per heavy atom. The highest BCUT2D eigenvalue weighted by molar-refractivity contribution is 7.89. The molecule has 2 amide bonds. The summed E-state index contributed by atoms with van der Waals surface area (Å²) >= 11 is 0. The van der Waals surface area contributed by atoms with Gasteiger partial charge in [-0.15, -0.1) is 0 Å². The van der Waals surface area contributed by atoms with E-state index in [9.17, 15) is 22.8 Å². The Kier molecular flexibility index (Phi) is 4.54. The number of sulfonamides is 1. The molecule has 0 spiro atoms. The van der Waals surface area contributed by atoms with E-state index in [0.717, 1.165) is 12.8 Å². The first-order valence-electron chi connectivity index (χ1n) is 9.47. The first-order valence-corrected chi connectivity index (χ1v) is 11.1. The second-order valence-corrected chi connectivity index (χ2v) is 9.90. The number of carbonyl (C=O) groups is 3. The number of benzene rings is 1. The molecule has 2 heterocycles. The predicted octanol–water partition coefficient (Wildman–Crippen LogP) is 0.616. The van der Waals surface area contributed by atoms with E-state index < -0.39 is 33.2 Å². The highest BCUT2D eigenvalue weighted by atomic mass is 32.2. The molecule has 1 saturated heterocycles. The average Bonchev–Trinajstić information content (AvgIpc) is 3.03. The van der Waals surface area contributed by atoms with E-state index in [0.29, 0.717) is 24.3 Å². The second-order valence-electron chi connectivity index (χ2n) is 7.82. The molecule has 8 nitrogen and oxygen atoms in total. The number of nitrogens with zero attached hydrogens (tertiary/aromatic N) is 1. The summed E-state index contributed by atoms with van der Waals surface area (Å²) < 4.78 is 26.0. The molecule has 4 rings (SSSR count). The van der Waals surface area contributed by atoms with Crippen molar-refractivity contribution in [1.82, 2.24) is 9.62 Å². The zero-order valence-corrected chi connectivity index (χ0v) is 16.4. The van der Waals surface area contributed by atoms with Crippen molar-refractivity contribution in [3.63, 3.8) is 0 Å². The van der Waals surface area contributed by atoms with Crippen molar-refractivity contribution < 1.29 is 22.8 Å². The first-order chi connectivity index (χ1) is 13.3. The Morgan fingerprint density at radius 2 is 1.93 bits per heavy atom. The van der Waals surface area contributed by atoms with Crippen molar-refractivity contribution in [1.29, 1.82) is 0 Å². The quantitative estimate of drug-likeness (QED) is 0.746. The maximum absolute atomic E-state index is 13.0. The summed E-state index contributed by atoms with van der Waals surface area (Å²) in [5.41, 5.74) is -0.247. The number of amides is 2. The maximum atomic E-state index is 13.0. The van der Waals surface area contributed by atoms with Crippen LogP contribution in [-0.4, -0.2) is 55.7 Å². The predicted molar refractivity (Wildman–Crippen MR) is 102 cm³/mol. The van der Waals surface area contributed by atoms with Crippen LogP contribution in [0, 0.1) is 17.3 Å². The van der Waals surface area contributed by atoms with Crippen molar-refractivity contribution in [2.75, 3.05) is 30.7 Å². The lowest BCUT2D eigenvalue weighted by atomic mass is 9.92. The minimum atomic E-state index is -3.40. The molecule has 3 atom stereocenters. The number of fused-ring (bicyclic) bond motifs is 2. The molecular weight excluding hydrogens is 382 g/mol. The summed E-state index contributed by atoms with van der Waals surface area (Å²) in [5.74, 6) is -2.77. The Balaban J connectivity index is 1.44. The molecule has 0 bridgehead atoms. The van der Waals surface area contributed by atoms with Crippen LogP contribution in [0.25, 0.3) is 0 Å². The highest BCUT2D eigenvalue weighted by Crippen LogP contribution is 2.62. The maximum Gasteiger partial charge on any atom is 0.229 e. The van der Waals surface area contributed by atoms with Gasteiger partial charge in [0.15, 0.2) is 5.78 Å². The fraction of sp³-hybridized carbons (Fsp3) is 0.526. The van der Waals surface area contributed by atoms with Gasteiger partial charge in [0.05, 0.1) is 28.7 Å². The van der Waals surface area contributed by atoms with Gasteiger partial charge in [-0.3, -0.25) is 14.4 Å². The number of anilines is 1. The fourth-order valence-corrected chi connectivity index (χ4v) is 5.87. The summed E-state index contributed by atoms with van der Waals surface area (Å²) in [5, 5.41) is 5.34. The van der Waals surface area contributed by atoms with Crippen LogP contribution in [0.2, 0.25) is 0 Å². The largest absolute Gasteiger partial charge is 0.355 e. The second kappa shape index (κ2) is 6.66. The first kappa shape index (κ1) is 19.1. The molecule has 0 aromatic heterocycles. The van der Waals surface area contributed by atoms with Gasteiger partial charge in [0.2, 0.25) is 21.8 Å². The van der Waals surface area contributed by atoms with E-state index in [-0.39, 0.29) is 24.0 Å². The van der Waals surface area contributed by atoms with Gasteiger partial charge in [-0.05, 0) is 25.0 Å². The van der Waals surface area contributed by atoms with Crippen LogP contribution in [0.1, 0.15) is 30.1 Å². The van der Waals surface area contributed by atoms with Crippen molar-refractivity contribution in [2.45, 2.75) is 19.8 Å².